The molecule has 1 heterocycles. The standard InChI is InChI=1S/C15H12BrFN2/c1-8-5-13-14(6-9(8)2)19-15(18-13)10-3-4-12(17)11(16)7-10/h3-7H,1-2H3,(H,18,19). The Morgan fingerprint density at radius 1 is 1.11 bits per heavy atom. The van der Waals surface area contributed by atoms with Crippen molar-refractivity contribution < 1.29 is 4.39 Å². The zero-order valence-corrected chi connectivity index (χ0v) is 12.2. The third kappa shape index (κ3) is 2.16. The van der Waals surface area contributed by atoms with E-state index in [2.05, 4.69) is 51.9 Å². The van der Waals surface area contributed by atoms with Crippen molar-refractivity contribution in [2.75, 3.05) is 0 Å². The number of nitrogens with zero attached hydrogens (tertiary/aromatic N) is 1. The molecule has 0 bridgehead atoms. The van der Waals surface area contributed by atoms with Crippen molar-refractivity contribution in [3.8, 4) is 11.4 Å². The molecule has 3 aromatic rings. The zero-order chi connectivity index (χ0) is 13.6. The molecular formula is C15H12BrFN2. The highest BCUT2D eigenvalue weighted by atomic mass is 79.9. The minimum absolute atomic E-state index is 0.272. The van der Waals surface area contributed by atoms with E-state index in [4.69, 9.17) is 0 Å². The van der Waals surface area contributed by atoms with Gasteiger partial charge < -0.3 is 4.98 Å². The average molecular weight is 319 g/mol. The fourth-order valence-corrected chi connectivity index (χ4v) is 2.43. The average Bonchev–Trinajstić information content (AvgIpc) is 2.76. The molecule has 0 saturated carbocycles. The van der Waals surface area contributed by atoms with Crippen LogP contribution in [0.25, 0.3) is 22.4 Å². The van der Waals surface area contributed by atoms with E-state index in [0.29, 0.717) is 4.47 Å². The Morgan fingerprint density at radius 2 is 1.84 bits per heavy atom. The van der Waals surface area contributed by atoms with Crippen molar-refractivity contribution in [2.45, 2.75) is 13.8 Å². The molecule has 0 radical (unpaired) electrons. The molecule has 0 unspecified atom stereocenters. The lowest BCUT2D eigenvalue weighted by Gasteiger charge is -1.98. The highest BCUT2D eigenvalue weighted by molar-refractivity contribution is 9.10. The lowest BCUT2D eigenvalue weighted by atomic mass is 10.1. The summed E-state index contributed by atoms with van der Waals surface area (Å²) in [4.78, 5) is 7.83. The summed E-state index contributed by atoms with van der Waals surface area (Å²) in [7, 11) is 0. The molecule has 2 aromatic carbocycles. The van der Waals surface area contributed by atoms with Crippen LogP contribution >= 0.6 is 15.9 Å². The number of aromatic amines is 1. The van der Waals surface area contributed by atoms with E-state index < -0.39 is 0 Å². The van der Waals surface area contributed by atoms with Crippen molar-refractivity contribution in [3.05, 3.63) is 51.7 Å². The van der Waals surface area contributed by atoms with Crippen molar-refractivity contribution in [1.29, 1.82) is 0 Å². The fraction of sp³-hybridized carbons (Fsp3) is 0.133. The quantitative estimate of drug-likeness (QED) is 0.689. The van der Waals surface area contributed by atoms with E-state index in [1.54, 1.807) is 12.1 Å². The predicted molar refractivity (Wildman–Crippen MR) is 78.7 cm³/mol. The number of nitrogens with one attached hydrogen (secondary N) is 1. The van der Waals surface area contributed by atoms with Crippen LogP contribution in [0.1, 0.15) is 11.1 Å². The second-order valence-corrected chi connectivity index (χ2v) is 5.52. The Hall–Kier alpha value is -1.68. The summed E-state index contributed by atoms with van der Waals surface area (Å²) >= 11 is 3.19. The molecule has 0 fully saturated rings. The van der Waals surface area contributed by atoms with Crippen LogP contribution in [0.15, 0.2) is 34.8 Å². The number of hydrogen-bond acceptors (Lipinski definition) is 1. The molecule has 19 heavy (non-hydrogen) atoms. The van der Waals surface area contributed by atoms with Crippen LogP contribution in [0.2, 0.25) is 0 Å². The molecule has 1 aromatic heterocycles. The van der Waals surface area contributed by atoms with Gasteiger partial charge in [0.15, 0.2) is 0 Å². The van der Waals surface area contributed by atoms with Gasteiger partial charge in [-0.2, -0.15) is 0 Å². The Morgan fingerprint density at radius 3 is 2.58 bits per heavy atom. The SMILES string of the molecule is Cc1cc2nc(-c3ccc(F)c(Br)c3)[nH]c2cc1C. The number of aryl methyl sites for hydroxylation is 2. The van der Waals surface area contributed by atoms with Gasteiger partial charge in [-0.05, 0) is 71.2 Å². The van der Waals surface area contributed by atoms with Crippen molar-refractivity contribution >= 4 is 27.0 Å². The van der Waals surface area contributed by atoms with Crippen LogP contribution in [-0.4, -0.2) is 9.97 Å². The van der Waals surface area contributed by atoms with E-state index >= 15 is 0 Å². The van der Waals surface area contributed by atoms with Crippen molar-refractivity contribution in [2.24, 2.45) is 0 Å². The molecule has 0 aliphatic heterocycles. The second-order valence-electron chi connectivity index (χ2n) is 4.67. The third-order valence-corrected chi connectivity index (χ3v) is 3.90. The Balaban J connectivity index is 2.17. The van der Waals surface area contributed by atoms with Gasteiger partial charge in [0.05, 0.1) is 15.5 Å². The van der Waals surface area contributed by atoms with Gasteiger partial charge in [-0.1, -0.05) is 0 Å². The first kappa shape index (κ1) is 12.4. The first-order valence-corrected chi connectivity index (χ1v) is 6.76. The molecule has 0 aliphatic rings. The van der Waals surface area contributed by atoms with Gasteiger partial charge in [0.1, 0.15) is 11.6 Å². The lowest BCUT2D eigenvalue weighted by Crippen LogP contribution is -1.83. The van der Waals surface area contributed by atoms with Crippen molar-refractivity contribution in [3.63, 3.8) is 0 Å². The molecule has 0 spiro atoms. The van der Waals surface area contributed by atoms with E-state index in [-0.39, 0.29) is 5.82 Å². The third-order valence-electron chi connectivity index (χ3n) is 3.29. The van der Waals surface area contributed by atoms with Gasteiger partial charge in [-0.3, -0.25) is 0 Å². The topological polar surface area (TPSA) is 28.7 Å². The molecule has 4 heteroatoms. The highest BCUT2D eigenvalue weighted by Crippen LogP contribution is 2.26. The highest BCUT2D eigenvalue weighted by Gasteiger charge is 2.08. The van der Waals surface area contributed by atoms with Crippen LogP contribution in [0.4, 0.5) is 4.39 Å². The molecular weight excluding hydrogens is 307 g/mol. The molecule has 0 amide bonds. The van der Waals surface area contributed by atoms with E-state index in [9.17, 15) is 4.39 Å². The first-order chi connectivity index (χ1) is 9.04. The summed E-state index contributed by atoms with van der Waals surface area (Å²) in [6.45, 7) is 4.14. The number of halogens is 2. The summed E-state index contributed by atoms with van der Waals surface area (Å²) < 4.78 is 13.7. The van der Waals surface area contributed by atoms with Crippen LogP contribution in [0.3, 0.4) is 0 Å². The summed E-state index contributed by atoms with van der Waals surface area (Å²) in [6, 6.07) is 9.02. The molecule has 0 aliphatic carbocycles. The molecule has 0 atom stereocenters. The van der Waals surface area contributed by atoms with Gasteiger partial charge in [-0.15, -0.1) is 0 Å². The second kappa shape index (κ2) is 4.46. The summed E-state index contributed by atoms with van der Waals surface area (Å²) in [5.74, 6) is 0.479. The molecule has 0 saturated heterocycles. The Kier molecular flexibility index (Phi) is 2.90. The number of hydrogen-bond donors (Lipinski definition) is 1. The van der Waals surface area contributed by atoms with Crippen LogP contribution < -0.4 is 0 Å². The van der Waals surface area contributed by atoms with Gasteiger partial charge in [0.2, 0.25) is 0 Å². The number of benzene rings is 2. The maximum absolute atomic E-state index is 13.2. The summed E-state index contributed by atoms with van der Waals surface area (Å²) in [5, 5.41) is 0. The minimum atomic E-state index is -0.272. The van der Waals surface area contributed by atoms with Gasteiger partial charge in [-0.25, -0.2) is 9.37 Å². The van der Waals surface area contributed by atoms with Gasteiger partial charge >= 0.3 is 0 Å². The summed E-state index contributed by atoms with van der Waals surface area (Å²) in [6.07, 6.45) is 0. The van der Waals surface area contributed by atoms with E-state index in [1.807, 2.05) is 0 Å². The number of H-pyrrole nitrogens is 1. The lowest BCUT2D eigenvalue weighted by molar-refractivity contribution is 0.621. The Labute approximate surface area is 118 Å². The minimum Gasteiger partial charge on any atom is -0.338 e. The number of imidazole rings is 1. The smallest absolute Gasteiger partial charge is 0.138 e. The number of fused-ring (bicyclic) bond motifs is 1. The normalized spacial score (nSPS) is 11.2. The molecule has 96 valence electrons. The van der Waals surface area contributed by atoms with Gasteiger partial charge in [0, 0.05) is 5.56 Å². The van der Waals surface area contributed by atoms with E-state index in [0.717, 1.165) is 22.4 Å². The molecule has 1 N–H and O–H groups in total. The fourth-order valence-electron chi connectivity index (χ4n) is 2.05. The summed E-state index contributed by atoms with van der Waals surface area (Å²) in [5.41, 5.74) is 5.23. The van der Waals surface area contributed by atoms with Crippen LogP contribution in [-0.2, 0) is 0 Å². The number of aromatic nitrogens is 2. The first-order valence-electron chi connectivity index (χ1n) is 5.97. The Bertz CT molecular complexity index is 738. The van der Waals surface area contributed by atoms with Crippen molar-refractivity contribution in [1.82, 2.24) is 9.97 Å². The van der Waals surface area contributed by atoms with Crippen LogP contribution in [0.5, 0.6) is 0 Å². The largest absolute Gasteiger partial charge is 0.338 e. The van der Waals surface area contributed by atoms with Crippen LogP contribution in [0, 0.1) is 19.7 Å². The predicted octanol–water partition coefficient (Wildman–Crippen LogP) is 4.75. The monoisotopic (exact) mass is 318 g/mol. The zero-order valence-electron chi connectivity index (χ0n) is 10.6. The maximum atomic E-state index is 13.2. The molecule has 2 nitrogen and oxygen atoms in total. The maximum Gasteiger partial charge on any atom is 0.138 e. The number of rotatable bonds is 1. The van der Waals surface area contributed by atoms with E-state index in [1.165, 1.54) is 17.2 Å². The molecule has 3 rings (SSSR count). The van der Waals surface area contributed by atoms with Gasteiger partial charge in [0.25, 0.3) is 0 Å².